The van der Waals surface area contributed by atoms with Crippen LogP contribution in [0, 0.1) is 0 Å². The number of aromatic nitrogens is 1. The molecule has 0 saturated heterocycles. The smallest absolute Gasteiger partial charge is 0.255 e. The van der Waals surface area contributed by atoms with Crippen LogP contribution in [0.5, 0.6) is 0 Å². The highest BCUT2D eigenvalue weighted by Gasteiger charge is 2.32. The number of fused-ring (bicyclic) bond motifs is 1. The van der Waals surface area contributed by atoms with Gasteiger partial charge in [-0.2, -0.15) is 13.2 Å². The number of rotatable bonds is 0. The van der Waals surface area contributed by atoms with Crippen molar-refractivity contribution < 1.29 is 13.2 Å². The largest absolute Gasteiger partial charge is 0.417 e. The quantitative estimate of drug-likeness (QED) is 0.682. The van der Waals surface area contributed by atoms with Gasteiger partial charge in [-0.3, -0.25) is 4.98 Å². The van der Waals surface area contributed by atoms with Crippen molar-refractivity contribution >= 4 is 23.5 Å². The molecule has 0 fully saturated rings. The highest BCUT2D eigenvalue weighted by molar-refractivity contribution is 7.80. The monoisotopic (exact) mass is 229 g/mol. The van der Waals surface area contributed by atoms with Crippen molar-refractivity contribution in [1.82, 2.24) is 4.98 Å². The molecule has 0 aliphatic carbocycles. The Morgan fingerprint density at radius 2 is 1.87 bits per heavy atom. The standard InChI is InChI=1S/C10H6F3NS/c11-10(12,13)7-3-4-8(15)9-6(7)2-1-5-14-9/h1-5,15H. The summed E-state index contributed by atoms with van der Waals surface area (Å²) in [6, 6.07) is 5.20. The Labute approximate surface area is 89.3 Å². The van der Waals surface area contributed by atoms with Crippen molar-refractivity contribution in [3.8, 4) is 0 Å². The van der Waals surface area contributed by atoms with Crippen LogP contribution in [-0.2, 0) is 6.18 Å². The average Bonchev–Trinajstić information content (AvgIpc) is 2.17. The molecule has 1 aromatic heterocycles. The van der Waals surface area contributed by atoms with E-state index in [1.807, 2.05) is 0 Å². The predicted molar refractivity (Wildman–Crippen MR) is 54.0 cm³/mol. The lowest BCUT2D eigenvalue weighted by atomic mass is 10.1. The molecule has 0 aliphatic rings. The Hall–Kier alpha value is -1.23. The fraction of sp³-hybridized carbons (Fsp3) is 0.100. The van der Waals surface area contributed by atoms with Crippen LogP contribution in [0.3, 0.4) is 0 Å². The number of benzene rings is 1. The van der Waals surface area contributed by atoms with Gasteiger partial charge in [0.2, 0.25) is 0 Å². The Balaban J connectivity index is 2.84. The molecule has 0 saturated carbocycles. The van der Waals surface area contributed by atoms with Crippen LogP contribution in [0.1, 0.15) is 5.56 Å². The molecule has 0 N–H and O–H groups in total. The first-order chi connectivity index (χ1) is 7.00. The van der Waals surface area contributed by atoms with E-state index in [9.17, 15) is 13.2 Å². The summed E-state index contributed by atoms with van der Waals surface area (Å²) in [5.41, 5.74) is -0.404. The molecule has 0 atom stereocenters. The molecule has 0 amide bonds. The molecule has 1 aromatic carbocycles. The van der Waals surface area contributed by atoms with Gasteiger partial charge in [-0.15, -0.1) is 12.6 Å². The van der Waals surface area contributed by atoms with Crippen molar-refractivity contribution in [3.05, 3.63) is 36.0 Å². The van der Waals surface area contributed by atoms with Crippen molar-refractivity contribution in [2.24, 2.45) is 0 Å². The minimum atomic E-state index is -4.36. The van der Waals surface area contributed by atoms with Crippen LogP contribution in [0.15, 0.2) is 35.4 Å². The second-order valence-corrected chi connectivity index (χ2v) is 3.51. The maximum atomic E-state index is 12.6. The van der Waals surface area contributed by atoms with Gasteiger partial charge < -0.3 is 0 Å². The highest BCUT2D eigenvalue weighted by Crippen LogP contribution is 2.35. The van der Waals surface area contributed by atoms with Gasteiger partial charge in [0.05, 0.1) is 11.1 Å². The lowest BCUT2D eigenvalue weighted by molar-refractivity contribution is -0.136. The van der Waals surface area contributed by atoms with E-state index in [-0.39, 0.29) is 10.9 Å². The van der Waals surface area contributed by atoms with Gasteiger partial charge in [-0.1, -0.05) is 6.07 Å². The first-order valence-electron chi connectivity index (χ1n) is 4.14. The summed E-state index contributed by atoms with van der Waals surface area (Å²) in [5.74, 6) is 0. The van der Waals surface area contributed by atoms with E-state index >= 15 is 0 Å². The SMILES string of the molecule is FC(F)(F)c1ccc(S)c2ncccc12. The Bertz CT molecular complexity index is 507. The third-order valence-corrected chi connectivity index (χ3v) is 2.41. The third-order valence-electron chi connectivity index (χ3n) is 2.05. The zero-order chi connectivity index (χ0) is 11.1. The van der Waals surface area contributed by atoms with E-state index in [2.05, 4.69) is 17.6 Å². The molecule has 0 aliphatic heterocycles. The molecule has 1 nitrogen and oxygen atoms in total. The van der Waals surface area contributed by atoms with Gasteiger partial charge in [0.1, 0.15) is 0 Å². The first kappa shape index (κ1) is 10.3. The van der Waals surface area contributed by atoms with Crippen LogP contribution in [0.25, 0.3) is 10.9 Å². The molecule has 2 rings (SSSR count). The molecule has 0 bridgehead atoms. The topological polar surface area (TPSA) is 12.9 Å². The lowest BCUT2D eigenvalue weighted by Crippen LogP contribution is -2.06. The summed E-state index contributed by atoms with van der Waals surface area (Å²) in [6.07, 6.45) is -2.91. The number of nitrogens with zero attached hydrogens (tertiary/aromatic N) is 1. The summed E-state index contributed by atoms with van der Waals surface area (Å²) in [6.45, 7) is 0. The van der Waals surface area contributed by atoms with Crippen molar-refractivity contribution in [3.63, 3.8) is 0 Å². The molecular formula is C10H6F3NS. The third kappa shape index (κ3) is 1.79. The fourth-order valence-corrected chi connectivity index (χ4v) is 1.66. The second kappa shape index (κ2) is 3.41. The van der Waals surface area contributed by atoms with Gasteiger partial charge in [-0.25, -0.2) is 0 Å². The van der Waals surface area contributed by atoms with E-state index in [4.69, 9.17) is 0 Å². The summed E-state index contributed by atoms with van der Waals surface area (Å²) >= 11 is 4.06. The maximum absolute atomic E-state index is 12.6. The van der Waals surface area contributed by atoms with E-state index in [0.29, 0.717) is 4.90 Å². The van der Waals surface area contributed by atoms with Gasteiger partial charge in [-0.05, 0) is 18.2 Å². The van der Waals surface area contributed by atoms with Crippen LogP contribution in [-0.4, -0.2) is 4.98 Å². The molecule has 5 heteroatoms. The van der Waals surface area contributed by atoms with Gasteiger partial charge in [0, 0.05) is 16.5 Å². The summed E-state index contributed by atoms with van der Waals surface area (Å²) in [7, 11) is 0. The second-order valence-electron chi connectivity index (χ2n) is 3.03. The Kier molecular flexibility index (Phi) is 2.34. The number of hydrogen-bond acceptors (Lipinski definition) is 2. The molecule has 2 aromatic rings. The molecule has 0 radical (unpaired) electrons. The summed E-state index contributed by atoms with van der Waals surface area (Å²) in [5, 5.41) is 0.0810. The lowest BCUT2D eigenvalue weighted by Gasteiger charge is -2.10. The van der Waals surface area contributed by atoms with E-state index in [0.717, 1.165) is 6.07 Å². The van der Waals surface area contributed by atoms with Crippen molar-refractivity contribution in [1.29, 1.82) is 0 Å². The zero-order valence-corrected chi connectivity index (χ0v) is 8.31. The van der Waals surface area contributed by atoms with Crippen LogP contribution < -0.4 is 0 Å². The summed E-state index contributed by atoms with van der Waals surface area (Å²) < 4.78 is 37.8. The molecule has 0 unspecified atom stereocenters. The molecule has 15 heavy (non-hydrogen) atoms. The van der Waals surface area contributed by atoms with Crippen LogP contribution in [0.4, 0.5) is 13.2 Å². The zero-order valence-electron chi connectivity index (χ0n) is 7.42. The highest BCUT2D eigenvalue weighted by atomic mass is 32.1. The molecule has 1 heterocycles. The number of pyridine rings is 1. The van der Waals surface area contributed by atoms with Crippen LogP contribution >= 0.6 is 12.6 Å². The molecular weight excluding hydrogens is 223 g/mol. The molecule has 78 valence electrons. The van der Waals surface area contributed by atoms with Gasteiger partial charge >= 0.3 is 6.18 Å². The van der Waals surface area contributed by atoms with Gasteiger partial charge in [0.25, 0.3) is 0 Å². The molecule has 0 spiro atoms. The van der Waals surface area contributed by atoms with Gasteiger partial charge in [0.15, 0.2) is 0 Å². The number of thiol groups is 1. The fourth-order valence-electron chi connectivity index (χ4n) is 1.40. The summed E-state index contributed by atoms with van der Waals surface area (Å²) in [4.78, 5) is 4.32. The van der Waals surface area contributed by atoms with Crippen molar-refractivity contribution in [2.45, 2.75) is 11.1 Å². The van der Waals surface area contributed by atoms with E-state index in [1.54, 1.807) is 0 Å². The minimum absolute atomic E-state index is 0.0810. The normalized spacial score (nSPS) is 12.0. The van der Waals surface area contributed by atoms with E-state index in [1.165, 1.54) is 24.4 Å². The number of hydrogen-bond donors (Lipinski definition) is 1. The maximum Gasteiger partial charge on any atom is 0.417 e. The Morgan fingerprint density at radius 1 is 1.13 bits per heavy atom. The minimum Gasteiger partial charge on any atom is -0.255 e. The number of alkyl halides is 3. The predicted octanol–water partition coefficient (Wildman–Crippen LogP) is 3.54. The first-order valence-corrected chi connectivity index (χ1v) is 4.59. The number of halogens is 3. The van der Waals surface area contributed by atoms with E-state index < -0.39 is 11.7 Å². The van der Waals surface area contributed by atoms with Crippen molar-refractivity contribution in [2.75, 3.05) is 0 Å². The average molecular weight is 229 g/mol. The van der Waals surface area contributed by atoms with Crippen LogP contribution in [0.2, 0.25) is 0 Å². The Morgan fingerprint density at radius 3 is 2.53 bits per heavy atom.